The second kappa shape index (κ2) is 8.40. The first kappa shape index (κ1) is 20.3. The first-order valence-corrected chi connectivity index (χ1v) is 9.93. The monoisotopic (exact) mass is 438 g/mol. The molecule has 10 nitrogen and oxygen atoms in total. The van der Waals surface area contributed by atoms with Crippen LogP contribution in [-0.2, 0) is 0 Å². The van der Waals surface area contributed by atoms with Gasteiger partial charge in [-0.3, -0.25) is 10.1 Å². The molecule has 0 spiro atoms. The molecule has 0 amide bonds. The number of hydrogen-bond acceptors (Lipinski definition) is 10. The minimum Gasteiger partial charge on any atom is -0.497 e. The molecule has 0 unspecified atom stereocenters. The first-order chi connectivity index (χ1) is 15.0. The third-order valence-electron chi connectivity index (χ3n) is 4.44. The molecule has 2 aromatic heterocycles. The molecule has 4 aromatic rings. The Morgan fingerprint density at radius 2 is 1.81 bits per heavy atom. The third kappa shape index (κ3) is 4.16. The molecule has 0 radical (unpaired) electrons. The van der Waals surface area contributed by atoms with Crippen molar-refractivity contribution in [3.63, 3.8) is 0 Å². The highest BCUT2D eigenvalue weighted by molar-refractivity contribution is 7.22. The molecule has 0 aliphatic rings. The van der Waals surface area contributed by atoms with E-state index in [-0.39, 0.29) is 17.3 Å². The van der Waals surface area contributed by atoms with E-state index in [9.17, 15) is 10.1 Å². The minimum absolute atomic E-state index is 0.0166. The van der Waals surface area contributed by atoms with Crippen LogP contribution in [0.4, 0.5) is 28.1 Å². The predicted molar refractivity (Wildman–Crippen MR) is 119 cm³/mol. The van der Waals surface area contributed by atoms with Crippen LogP contribution < -0.4 is 20.1 Å². The quantitative estimate of drug-likeness (QED) is 0.309. The lowest BCUT2D eigenvalue weighted by atomic mass is 10.2. The van der Waals surface area contributed by atoms with Gasteiger partial charge in [-0.15, -0.1) is 0 Å². The number of thiazole rings is 1. The van der Waals surface area contributed by atoms with Crippen LogP contribution in [0.1, 0.15) is 5.56 Å². The lowest BCUT2D eigenvalue weighted by molar-refractivity contribution is -0.383. The zero-order valence-electron chi connectivity index (χ0n) is 16.9. The molecule has 0 fully saturated rings. The Bertz CT molecular complexity index is 1280. The predicted octanol–water partition coefficient (Wildman–Crippen LogP) is 4.81. The third-order valence-corrected chi connectivity index (χ3v) is 5.37. The highest BCUT2D eigenvalue weighted by atomic mass is 32.1. The van der Waals surface area contributed by atoms with E-state index in [1.807, 2.05) is 25.1 Å². The molecule has 11 heteroatoms. The Hall–Kier alpha value is -3.99. The number of fused-ring (bicyclic) bond motifs is 1. The molecule has 0 saturated heterocycles. The zero-order chi connectivity index (χ0) is 22.0. The fourth-order valence-electron chi connectivity index (χ4n) is 2.95. The lowest BCUT2D eigenvalue weighted by Gasteiger charge is -2.13. The van der Waals surface area contributed by atoms with Crippen molar-refractivity contribution < 1.29 is 14.4 Å². The molecule has 0 atom stereocenters. The van der Waals surface area contributed by atoms with Gasteiger partial charge in [-0.2, -0.15) is 0 Å². The van der Waals surface area contributed by atoms with E-state index in [1.165, 1.54) is 24.8 Å². The van der Waals surface area contributed by atoms with Crippen molar-refractivity contribution in [3.8, 4) is 11.5 Å². The fourth-order valence-corrected chi connectivity index (χ4v) is 3.91. The van der Waals surface area contributed by atoms with Crippen molar-refractivity contribution in [1.82, 2.24) is 15.0 Å². The molecule has 0 saturated carbocycles. The van der Waals surface area contributed by atoms with Crippen molar-refractivity contribution in [3.05, 3.63) is 58.4 Å². The average Bonchev–Trinajstić information content (AvgIpc) is 3.15. The van der Waals surface area contributed by atoms with Crippen LogP contribution in [0.2, 0.25) is 0 Å². The maximum Gasteiger partial charge on any atom is 0.353 e. The number of benzene rings is 2. The maximum absolute atomic E-state index is 11.9. The number of anilines is 4. The van der Waals surface area contributed by atoms with Crippen LogP contribution in [0.3, 0.4) is 0 Å². The summed E-state index contributed by atoms with van der Waals surface area (Å²) in [5.41, 5.74) is 2.09. The van der Waals surface area contributed by atoms with Crippen molar-refractivity contribution in [2.75, 3.05) is 24.9 Å². The largest absolute Gasteiger partial charge is 0.497 e. The average molecular weight is 438 g/mol. The van der Waals surface area contributed by atoms with Gasteiger partial charge in [-0.05, 0) is 36.8 Å². The summed E-state index contributed by atoms with van der Waals surface area (Å²) in [6.07, 6.45) is 1.24. The summed E-state index contributed by atoms with van der Waals surface area (Å²) in [4.78, 5) is 23.9. The molecule has 2 aromatic carbocycles. The summed E-state index contributed by atoms with van der Waals surface area (Å²) in [6, 6.07) is 10.9. The van der Waals surface area contributed by atoms with E-state index in [1.54, 1.807) is 25.3 Å². The van der Waals surface area contributed by atoms with Crippen LogP contribution in [0.5, 0.6) is 11.5 Å². The summed E-state index contributed by atoms with van der Waals surface area (Å²) >= 11 is 1.39. The van der Waals surface area contributed by atoms with Crippen LogP contribution in [0.15, 0.2) is 42.7 Å². The molecular weight excluding hydrogens is 420 g/mol. The number of nitrogens with zero attached hydrogens (tertiary/aromatic N) is 4. The number of aromatic nitrogens is 3. The van der Waals surface area contributed by atoms with Gasteiger partial charge in [0.15, 0.2) is 5.13 Å². The Morgan fingerprint density at radius 3 is 2.52 bits per heavy atom. The van der Waals surface area contributed by atoms with E-state index in [2.05, 4.69) is 25.6 Å². The number of nitrogens with one attached hydrogen (secondary N) is 2. The molecule has 2 N–H and O–H groups in total. The van der Waals surface area contributed by atoms with Gasteiger partial charge in [-0.25, -0.2) is 15.0 Å². The van der Waals surface area contributed by atoms with Crippen LogP contribution in [-0.4, -0.2) is 34.1 Å². The van der Waals surface area contributed by atoms with Gasteiger partial charge in [0.1, 0.15) is 17.8 Å². The summed E-state index contributed by atoms with van der Waals surface area (Å²) in [6.45, 7) is 1.99. The Morgan fingerprint density at radius 1 is 1.03 bits per heavy atom. The number of aryl methyl sites for hydroxylation is 1. The lowest BCUT2D eigenvalue weighted by Crippen LogP contribution is -2.06. The molecular formula is C20H18N6O4S. The smallest absolute Gasteiger partial charge is 0.353 e. The molecule has 0 aliphatic carbocycles. The molecule has 158 valence electrons. The van der Waals surface area contributed by atoms with Crippen LogP contribution in [0, 0.1) is 17.0 Å². The first-order valence-electron chi connectivity index (χ1n) is 9.11. The fraction of sp³-hybridized carbons (Fsp3) is 0.150. The summed E-state index contributed by atoms with van der Waals surface area (Å²) in [7, 11) is 3.04. The van der Waals surface area contributed by atoms with Gasteiger partial charge >= 0.3 is 5.69 Å². The highest BCUT2D eigenvalue weighted by Crippen LogP contribution is 2.38. The SMILES string of the molecule is COc1ccc(Nc2ncnc(Nc3nc4ccc(C)cc4s3)c2[N+](=O)[O-])c(OC)c1. The van der Waals surface area contributed by atoms with E-state index >= 15 is 0 Å². The number of methoxy groups -OCH3 is 2. The van der Waals surface area contributed by atoms with Crippen LogP contribution in [0.25, 0.3) is 10.2 Å². The number of nitro groups is 1. The molecule has 2 heterocycles. The summed E-state index contributed by atoms with van der Waals surface area (Å²) < 4.78 is 11.5. The number of rotatable bonds is 7. The van der Waals surface area contributed by atoms with Gasteiger partial charge in [0.25, 0.3) is 0 Å². The van der Waals surface area contributed by atoms with Gasteiger partial charge in [0.2, 0.25) is 11.6 Å². The molecule has 31 heavy (non-hydrogen) atoms. The topological polar surface area (TPSA) is 124 Å². The van der Waals surface area contributed by atoms with Gasteiger partial charge in [-0.1, -0.05) is 17.4 Å². The Labute approximate surface area is 181 Å². The molecule has 0 bridgehead atoms. The van der Waals surface area contributed by atoms with Crippen molar-refractivity contribution in [2.24, 2.45) is 0 Å². The normalized spacial score (nSPS) is 10.7. The summed E-state index contributed by atoms with van der Waals surface area (Å²) in [5, 5.41) is 18.3. The maximum atomic E-state index is 11.9. The number of ether oxygens (including phenoxy) is 2. The number of hydrogen-bond donors (Lipinski definition) is 2. The van der Waals surface area contributed by atoms with E-state index in [4.69, 9.17) is 9.47 Å². The zero-order valence-corrected chi connectivity index (χ0v) is 17.7. The van der Waals surface area contributed by atoms with E-state index < -0.39 is 4.92 Å². The van der Waals surface area contributed by atoms with E-state index in [0.717, 1.165) is 15.8 Å². The van der Waals surface area contributed by atoms with Crippen molar-refractivity contribution in [1.29, 1.82) is 0 Å². The van der Waals surface area contributed by atoms with Gasteiger partial charge < -0.3 is 20.1 Å². The Balaban J connectivity index is 1.70. The summed E-state index contributed by atoms with van der Waals surface area (Å²) in [5.74, 6) is 1.09. The molecule has 4 rings (SSSR count). The van der Waals surface area contributed by atoms with Gasteiger partial charge in [0, 0.05) is 6.07 Å². The molecule has 0 aliphatic heterocycles. The van der Waals surface area contributed by atoms with Gasteiger partial charge in [0.05, 0.1) is 35.0 Å². The van der Waals surface area contributed by atoms with Crippen molar-refractivity contribution in [2.45, 2.75) is 6.92 Å². The second-order valence-corrected chi connectivity index (χ2v) is 7.51. The highest BCUT2D eigenvalue weighted by Gasteiger charge is 2.25. The minimum atomic E-state index is -0.544. The Kier molecular flexibility index (Phi) is 5.50. The second-order valence-electron chi connectivity index (χ2n) is 6.48. The standard InChI is InChI=1S/C20H18N6O4S/c1-11-4-6-14-16(8-11)31-20(24-14)25-19-17(26(27)28)18(21-10-22-19)23-13-7-5-12(29-2)9-15(13)30-3/h4-10H,1-3H3,(H2,21,22,23,24,25). The van der Waals surface area contributed by atoms with Crippen LogP contribution >= 0.6 is 11.3 Å². The van der Waals surface area contributed by atoms with Crippen molar-refractivity contribution >= 4 is 49.7 Å². The van der Waals surface area contributed by atoms with E-state index in [0.29, 0.717) is 22.3 Å².